The van der Waals surface area contributed by atoms with Crippen molar-refractivity contribution in [2.45, 2.75) is 62.9 Å². The van der Waals surface area contributed by atoms with Crippen LogP contribution in [0, 0.1) is 11.8 Å². The Morgan fingerprint density at radius 2 is 1.06 bits per heavy atom. The maximum atomic E-state index is 12.1. The molecule has 10 nitrogen and oxygen atoms in total. The number of halogens is 4. The van der Waals surface area contributed by atoms with Crippen molar-refractivity contribution in [3.63, 3.8) is 0 Å². The molecule has 0 spiro atoms. The van der Waals surface area contributed by atoms with Gasteiger partial charge in [0.2, 0.25) is 11.2 Å². The van der Waals surface area contributed by atoms with E-state index in [4.69, 9.17) is 32.7 Å². The van der Waals surface area contributed by atoms with Crippen molar-refractivity contribution in [3.05, 3.63) is 90.8 Å². The first kappa shape index (κ1) is 37.9. The molecule has 2 aromatic carbocycles. The van der Waals surface area contributed by atoms with Crippen LogP contribution in [0.15, 0.2) is 79.7 Å². The second kappa shape index (κ2) is 14.9. The van der Waals surface area contributed by atoms with Gasteiger partial charge in [0.1, 0.15) is 23.8 Å². The predicted octanol–water partition coefficient (Wildman–Crippen LogP) is 5.63. The Morgan fingerprint density at radius 3 is 1.29 bits per heavy atom. The Hall–Kier alpha value is -2.87. The van der Waals surface area contributed by atoms with E-state index in [0.717, 1.165) is 20.1 Å². The lowest BCUT2D eigenvalue weighted by Gasteiger charge is -2.48. The van der Waals surface area contributed by atoms with E-state index in [9.17, 15) is 34.2 Å². The van der Waals surface area contributed by atoms with Crippen molar-refractivity contribution in [1.29, 1.82) is 0 Å². The Labute approximate surface area is 303 Å². The molecular weight excluding hydrogens is 799 g/mol. The fourth-order valence-corrected chi connectivity index (χ4v) is 7.63. The Balaban J connectivity index is 0.000000186. The molecule has 256 valence electrons. The molecule has 2 N–H and O–H groups in total. The molecule has 4 aliphatic heterocycles. The van der Waals surface area contributed by atoms with E-state index in [1.807, 2.05) is 48.5 Å². The first-order valence-corrected chi connectivity index (χ1v) is 17.1. The highest BCUT2D eigenvalue weighted by Crippen LogP contribution is 2.52. The van der Waals surface area contributed by atoms with Gasteiger partial charge in [0, 0.05) is 27.7 Å². The van der Waals surface area contributed by atoms with Crippen molar-refractivity contribution in [1.82, 2.24) is 0 Å². The van der Waals surface area contributed by atoms with Crippen LogP contribution in [0.1, 0.15) is 50.7 Å². The van der Waals surface area contributed by atoms with E-state index in [1.54, 1.807) is 6.92 Å². The molecule has 2 fully saturated rings. The van der Waals surface area contributed by atoms with Gasteiger partial charge in [-0.05, 0) is 68.3 Å². The van der Waals surface area contributed by atoms with Crippen LogP contribution in [-0.4, -0.2) is 69.7 Å². The molecule has 14 heteroatoms. The molecule has 4 bridgehead atoms. The van der Waals surface area contributed by atoms with Crippen molar-refractivity contribution >= 4 is 84.5 Å². The Morgan fingerprint density at radius 1 is 0.729 bits per heavy atom. The lowest BCUT2D eigenvalue weighted by molar-refractivity contribution is -0.190. The minimum Gasteiger partial charge on any atom is -0.466 e. The first-order valence-electron chi connectivity index (χ1n) is 14.8. The van der Waals surface area contributed by atoms with E-state index in [-0.39, 0.29) is 27.6 Å². The minimum absolute atomic E-state index is 0.0303. The molecule has 48 heavy (non-hydrogen) atoms. The summed E-state index contributed by atoms with van der Waals surface area (Å²) in [5, 5.41) is 21.3. The van der Waals surface area contributed by atoms with Gasteiger partial charge in [-0.1, -0.05) is 79.3 Å². The summed E-state index contributed by atoms with van der Waals surface area (Å²) in [6, 6.07) is 14.7. The van der Waals surface area contributed by atoms with Gasteiger partial charge in [0.25, 0.3) is 0 Å². The van der Waals surface area contributed by atoms with Gasteiger partial charge in [0.15, 0.2) is 0 Å². The summed E-state index contributed by atoms with van der Waals surface area (Å²) in [6.07, 6.45) is 1.73. The fraction of sp³-hybridized carbons (Fsp3) is 0.382. The molecule has 2 aromatic rings. The monoisotopic (exact) mass is 828 g/mol. The predicted molar refractivity (Wildman–Crippen MR) is 182 cm³/mol. The minimum atomic E-state index is -2.08. The van der Waals surface area contributed by atoms with Gasteiger partial charge in [-0.15, -0.1) is 0 Å². The maximum absolute atomic E-state index is 12.1. The lowest BCUT2D eigenvalue weighted by Crippen LogP contribution is -2.62. The zero-order valence-corrected chi connectivity index (χ0v) is 30.8. The van der Waals surface area contributed by atoms with Crippen molar-refractivity contribution in [2.75, 3.05) is 6.61 Å². The molecule has 0 unspecified atom stereocenters. The third kappa shape index (κ3) is 7.06. The summed E-state index contributed by atoms with van der Waals surface area (Å²) in [6.45, 7) is 6.36. The zero-order chi connectivity index (χ0) is 35.7. The number of benzene rings is 2. The fourth-order valence-electron chi connectivity index (χ4n) is 6.47. The van der Waals surface area contributed by atoms with Crippen LogP contribution >= 0.6 is 55.1 Å². The highest BCUT2D eigenvalue weighted by atomic mass is 79.9. The van der Waals surface area contributed by atoms with Crippen molar-refractivity contribution in [2.24, 2.45) is 11.8 Å². The summed E-state index contributed by atoms with van der Waals surface area (Å²) in [5.74, 6) is -5.28. The lowest BCUT2D eigenvalue weighted by atomic mass is 9.65. The Kier molecular flexibility index (Phi) is 11.8. The van der Waals surface area contributed by atoms with Crippen LogP contribution in [0.2, 0.25) is 0 Å². The van der Waals surface area contributed by atoms with E-state index < -0.39 is 59.0 Å². The van der Waals surface area contributed by atoms with Crippen molar-refractivity contribution in [3.8, 4) is 0 Å². The van der Waals surface area contributed by atoms with E-state index >= 15 is 0 Å². The molecule has 8 atom stereocenters. The average molecular weight is 831 g/mol. The molecule has 8 rings (SSSR count). The van der Waals surface area contributed by atoms with Crippen LogP contribution < -0.4 is 0 Å². The largest absolute Gasteiger partial charge is 0.466 e. The normalized spacial score (nSPS) is 31.0. The van der Waals surface area contributed by atoms with Gasteiger partial charge >= 0.3 is 17.9 Å². The van der Waals surface area contributed by atoms with Gasteiger partial charge in [-0.3, -0.25) is 14.4 Å². The van der Waals surface area contributed by atoms with Crippen LogP contribution in [0.4, 0.5) is 0 Å². The van der Waals surface area contributed by atoms with Crippen molar-refractivity contribution < 1.29 is 48.4 Å². The maximum Gasteiger partial charge on any atom is 0.345 e. The third-order valence-corrected chi connectivity index (χ3v) is 10.4. The second-order valence-electron chi connectivity index (χ2n) is 11.6. The summed E-state index contributed by atoms with van der Waals surface area (Å²) >= 11 is 18.7. The second-order valence-corrected chi connectivity index (χ2v) is 14.2. The number of hydrogen-bond donors (Lipinski definition) is 2. The molecule has 6 aliphatic rings. The summed E-state index contributed by atoms with van der Waals surface area (Å²) in [7, 11) is 0. The van der Waals surface area contributed by atoms with E-state index in [1.165, 1.54) is 32.9 Å². The molecule has 2 aliphatic carbocycles. The summed E-state index contributed by atoms with van der Waals surface area (Å²) < 4.78 is 16.6. The number of esters is 3. The molecule has 4 heterocycles. The number of rotatable bonds is 5. The van der Waals surface area contributed by atoms with Crippen LogP contribution in [-0.2, 0) is 38.2 Å². The summed E-state index contributed by atoms with van der Waals surface area (Å²) in [4.78, 5) is 57.9. The van der Waals surface area contributed by atoms with E-state index in [2.05, 4.69) is 36.6 Å². The Bertz CT molecular complexity index is 1560. The molecule has 0 radical (unpaired) electrons. The standard InChI is InChI=1S/2C15H12BrClO4.C4H8O2/c2*1-7(18)13-12(8-2-4-9(16)5-3-8)10-6-11(17)15(13,20)14(19)21-10;1-3-6-4(2)5/h2*2-6,10,12-13,20H,1H3;3H2,1-2H3/t2*10-,12+,13-,15-;/m11./s1. The molecule has 0 amide bonds. The summed E-state index contributed by atoms with van der Waals surface area (Å²) in [5.41, 5.74) is -2.54. The SMILES string of the molecule is CC(=O)[C@@H]1[C@@H](c2ccc(Br)cc2)[C@H]2C=C(Cl)[C@]1(O)C(=O)O2.CC(=O)[C@@H]1[C@@H](c2ccc(Br)cc2)[C@H]2C=C(Cl)[C@]1(O)C(=O)O2.CCOC(C)=O. The molecular formula is C34H32Br2Cl2O10. The van der Waals surface area contributed by atoms with Crippen LogP contribution in [0.5, 0.6) is 0 Å². The molecule has 0 aromatic heterocycles. The average Bonchev–Trinajstić information content (AvgIpc) is 3.00. The van der Waals surface area contributed by atoms with Gasteiger partial charge < -0.3 is 24.4 Å². The number of carbonyl (C=O) groups is 5. The topological polar surface area (TPSA) is 154 Å². The van der Waals surface area contributed by atoms with Gasteiger partial charge in [-0.25, -0.2) is 9.59 Å². The number of hydrogen-bond acceptors (Lipinski definition) is 10. The highest BCUT2D eigenvalue weighted by Gasteiger charge is 2.64. The third-order valence-electron chi connectivity index (χ3n) is 8.52. The number of ketones is 2. The highest BCUT2D eigenvalue weighted by molar-refractivity contribution is 9.10. The number of carbonyl (C=O) groups excluding carboxylic acids is 5. The molecule has 2 saturated heterocycles. The first-order chi connectivity index (χ1) is 22.5. The number of aliphatic hydroxyl groups is 2. The van der Waals surface area contributed by atoms with Crippen LogP contribution in [0.3, 0.4) is 0 Å². The number of fused-ring (bicyclic) bond motifs is 4. The van der Waals surface area contributed by atoms with Gasteiger partial charge in [0.05, 0.1) is 28.5 Å². The van der Waals surface area contributed by atoms with Crippen LogP contribution in [0.25, 0.3) is 0 Å². The molecule has 0 saturated carbocycles. The number of Topliss-reactive ketones (excluding diaryl/α,β-unsaturated/α-hetero) is 2. The zero-order valence-electron chi connectivity index (χ0n) is 26.1. The smallest absolute Gasteiger partial charge is 0.345 e. The number of ether oxygens (including phenoxy) is 3. The van der Waals surface area contributed by atoms with Gasteiger partial charge in [-0.2, -0.15) is 0 Å². The van der Waals surface area contributed by atoms with E-state index in [0.29, 0.717) is 6.61 Å². The quantitative estimate of drug-likeness (QED) is 0.287.